The molecule has 0 radical (unpaired) electrons. The molecule has 0 aromatic heterocycles. The number of carboxylic acids is 1. The van der Waals surface area contributed by atoms with Crippen LogP contribution in [-0.2, 0) is 9.59 Å². The number of carboxylic acid groups (broad SMARTS) is 1. The number of nitrogens with one attached hydrogen (secondary N) is 1. The van der Waals surface area contributed by atoms with Crippen molar-refractivity contribution in [3.05, 3.63) is 0 Å². The molecular formula is C5H10NNaO3S. The monoisotopic (exact) mass is 187 g/mol. The topological polar surface area (TPSA) is 66.4 Å². The van der Waals surface area contributed by atoms with Gasteiger partial charge in [-0.05, 0) is 0 Å². The van der Waals surface area contributed by atoms with Gasteiger partial charge in [-0.25, -0.2) is 4.79 Å². The smallest absolute Gasteiger partial charge is 1.00 e. The fraction of sp³-hybridized carbons (Fsp3) is 0.600. The van der Waals surface area contributed by atoms with Crippen molar-refractivity contribution in [2.75, 3.05) is 5.75 Å². The fourth-order valence-corrected chi connectivity index (χ4v) is 0.678. The fourth-order valence-electron chi connectivity index (χ4n) is 0.431. The third-order valence-corrected chi connectivity index (χ3v) is 1.22. The molecule has 1 unspecified atom stereocenters. The average molecular weight is 187 g/mol. The van der Waals surface area contributed by atoms with E-state index in [0.717, 1.165) is 0 Å². The van der Waals surface area contributed by atoms with E-state index in [4.69, 9.17) is 5.11 Å². The molecule has 0 saturated carbocycles. The molecule has 0 rings (SSSR count). The van der Waals surface area contributed by atoms with Crippen molar-refractivity contribution in [1.82, 2.24) is 5.32 Å². The summed E-state index contributed by atoms with van der Waals surface area (Å²) in [5, 5.41) is 10.6. The molecule has 11 heavy (non-hydrogen) atoms. The predicted octanol–water partition coefficient (Wildman–Crippen LogP) is -3.38. The minimum absolute atomic E-state index is 0. The van der Waals surface area contributed by atoms with Gasteiger partial charge in [-0.15, -0.1) is 0 Å². The molecule has 0 fully saturated rings. The van der Waals surface area contributed by atoms with Gasteiger partial charge in [0.05, 0.1) is 0 Å². The quantitative estimate of drug-likeness (QED) is 0.319. The van der Waals surface area contributed by atoms with E-state index in [-0.39, 0.29) is 42.6 Å². The van der Waals surface area contributed by atoms with Gasteiger partial charge in [0.15, 0.2) is 0 Å². The number of aliphatic carboxylic acids is 1. The number of carbonyl (C=O) groups excluding carboxylic acids is 1. The second-order valence-corrected chi connectivity index (χ2v) is 2.14. The second-order valence-electron chi connectivity index (χ2n) is 1.77. The Hall–Kier alpha value is 0.290. The Labute approximate surface area is 93.9 Å². The molecule has 0 aromatic carbocycles. The summed E-state index contributed by atoms with van der Waals surface area (Å²) in [7, 11) is 0. The summed E-state index contributed by atoms with van der Waals surface area (Å²) in [5.74, 6) is -1.32. The van der Waals surface area contributed by atoms with Gasteiger partial charge in [-0.1, -0.05) is 0 Å². The number of hydrogen-bond donors (Lipinski definition) is 3. The standard InChI is InChI=1S/C5H9NO3S.Na.H/c1-3(7)6-4(2-10)5(8)9;;/h4,10H,2H2,1H3,(H,6,7)(H,8,9);;/q;+1;-1. The summed E-state index contributed by atoms with van der Waals surface area (Å²) in [6.07, 6.45) is 0. The minimum Gasteiger partial charge on any atom is -1.00 e. The first-order valence-electron chi connectivity index (χ1n) is 2.68. The van der Waals surface area contributed by atoms with Crippen molar-refractivity contribution < 1.29 is 45.7 Å². The van der Waals surface area contributed by atoms with E-state index in [9.17, 15) is 9.59 Å². The molecule has 2 N–H and O–H groups in total. The van der Waals surface area contributed by atoms with Crippen LogP contribution in [0.3, 0.4) is 0 Å². The third kappa shape index (κ3) is 6.68. The van der Waals surface area contributed by atoms with E-state index >= 15 is 0 Å². The molecule has 0 bridgehead atoms. The number of hydrogen-bond acceptors (Lipinski definition) is 3. The Kier molecular flexibility index (Phi) is 8.77. The van der Waals surface area contributed by atoms with E-state index in [1.165, 1.54) is 6.92 Å². The molecule has 0 saturated heterocycles. The van der Waals surface area contributed by atoms with Crippen molar-refractivity contribution in [2.24, 2.45) is 0 Å². The van der Waals surface area contributed by atoms with E-state index in [2.05, 4.69) is 17.9 Å². The van der Waals surface area contributed by atoms with Crippen molar-refractivity contribution in [2.45, 2.75) is 13.0 Å². The van der Waals surface area contributed by atoms with Gasteiger partial charge in [0.25, 0.3) is 0 Å². The molecule has 60 valence electrons. The van der Waals surface area contributed by atoms with E-state index in [0.29, 0.717) is 0 Å². The van der Waals surface area contributed by atoms with Crippen LogP contribution in [0.4, 0.5) is 0 Å². The van der Waals surface area contributed by atoms with Gasteiger partial charge in [0.1, 0.15) is 6.04 Å². The van der Waals surface area contributed by atoms with Crippen molar-refractivity contribution in [3.8, 4) is 0 Å². The van der Waals surface area contributed by atoms with Crippen LogP contribution in [0.5, 0.6) is 0 Å². The van der Waals surface area contributed by atoms with E-state index in [1.54, 1.807) is 0 Å². The van der Waals surface area contributed by atoms with Crippen LogP contribution in [0.1, 0.15) is 8.35 Å². The SMILES string of the molecule is CC(=O)NC(CS)C(=O)O.[H-].[Na+]. The maximum Gasteiger partial charge on any atom is 1.00 e. The number of carbonyl (C=O) groups is 2. The number of thiol groups is 1. The molecular weight excluding hydrogens is 177 g/mol. The van der Waals surface area contributed by atoms with Gasteiger partial charge >= 0.3 is 35.5 Å². The van der Waals surface area contributed by atoms with Crippen LogP contribution in [0.25, 0.3) is 0 Å². The zero-order valence-corrected chi connectivity index (χ0v) is 9.39. The maximum absolute atomic E-state index is 10.3. The molecule has 0 aromatic rings. The minimum atomic E-state index is -1.06. The first-order valence-corrected chi connectivity index (χ1v) is 3.32. The summed E-state index contributed by atoms with van der Waals surface area (Å²) >= 11 is 3.73. The molecule has 0 heterocycles. The summed E-state index contributed by atoms with van der Waals surface area (Å²) in [6, 6.07) is -0.874. The zero-order chi connectivity index (χ0) is 8.15. The maximum atomic E-state index is 10.3. The Bertz CT molecular complexity index is 158. The van der Waals surface area contributed by atoms with Crippen LogP contribution < -0.4 is 34.9 Å². The summed E-state index contributed by atoms with van der Waals surface area (Å²) < 4.78 is 0. The Morgan fingerprint density at radius 2 is 2.18 bits per heavy atom. The first-order chi connectivity index (χ1) is 4.57. The second kappa shape index (κ2) is 6.97. The van der Waals surface area contributed by atoms with Crippen LogP contribution in [0.2, 0.25) is 0 Å². The van der Waals surface area contributed by atoms with Crippen LogP contribution in [0, 0.1) is 0 Å². The van der Waals surface area contributed by atoms with Crippen LogP contribution in [-0.4, -0.2) is 28.8 Å². The molecule has 6 heteroatoms. The van der Waals surface area contributed by atoms with Crippen molar-refractivity contribution in [3.63, 3.8) is 0 Å². The van der Waals surface area contributed by atoms with Gasteiger partial charge in [0, 0.05) is 12.7 Å². The van der Waals surface area contributed by atoms with Crippen LogP contribution >= 0.6 is 12.6 Å². The first kappa shape index (κ1) is 13.9. The van der Waals surface area contributed by atoms with Gasteiger partial charge in [-0.2, -0.15) is 12.6 Å². The Morgan fingerprint density at radius 1 is 1.73 bits per heavy atom. The summed E-state index contributed by atoms with van der Waals surface area (Å²) in [6.45, 7) is 1.26. The molecule has 4 nitrogen and oxygen atoms in total. The largest absolute Gasteiger partial charge is 1.00 e. The van der Waals surface area contributed by atoms with E-state index < -0.39 is 12.0 Å². The molecule has 1 atom stereocenters. The van der Waals surface area contributed by atoms with Crippen molar-refractivity contribution in [1.29, 1.82) is 0 Å². The van der Waals surface area contributed by atoms with E-state index in [1.807, 2.05) is 0 Å². The van der Waals surface area contributed by atoms with Gasteiger partial charge < -0.3 is 11.8 Å². The average Bonchev–Trinajstić information content (AvgIpc) is 1.81. The zero-order valence-electron chi connectivity index (χ0n) is 7.50. The Balaban J connectivity index is -0.000000405. The summed E-state index contributed by atoms with van der Waals surface area (Å²) in [5.41, 5.74) is 0. The molecule has 1 amide bonds. The number of rotatable bonds is 3. The third-order valence-electron chi connectivity index (χ3n) is 0.858. The number of amides is 1. The van der Waals surface area contributed by atoms with Gasteiger partial charge in [0.2, 0.25) is 5.91 Å². The predicted molar refractivity (Wildman–Crippen MR) is 40.2 cm³/mol. The molecule has 0 aliphatic rings. The summed E-state index contributed by atoms with van der Waals surface area (Å²) in [4.78, 5) is 20.5. The normalized spacial score (nSPS) is 11.1. The van der Waals surface area contributed by atoms with Crippen molar-refractivity contribution >= 4 is 24.5 Å². The molecule has 0 aliphatic carbocycles. The molecule has 0 spiro atoms. The van der Waals surface area contributed by atoms with Gasteiger partial charge in [-0.3, -0.25) is 4.79 Å². The molecule has 0 aliphatic heterocycles. The van der Waals surface area contributed by atoms with Crippen LogP contribution in [0.15, 0.2) is 0 Å². The Morgan fingerprint density at radius 3 is 2.27 bits per heavy atom.